The lowest BCUT2D eigenvalue weighted by Gasteiger charge is -2.35. The van der Waals surface area contributed by atoms with Crippen LogP contribution in [-0.4, -0.2) is 72.8 Å². The first-order valence-electron chi connectivity index (χ1n) is 10.7. The Labute approximate surface area is 179 Å². The lowest BCUT2D eigenvalue weighted by Crippen LogP contribution is -2.49. The van der Waals surface area contributed by atoms with Gasteiger partial charge in [-0.2, -0.15) is 0 Å². The van der Waals surface area contributed by atoms with E-state index in [1.807, 2.05) is 30.3 Å². The fourth-order valence-electron chi connectivity index (χ4n) is 3.70. The zero-order chi connectivity index (χ0) is 21.3. The highest BCUT2D eigenvalue weighted by molar-refractivity contribution is 5.95. The Bertz CT molecular complexity index is 832. The van der Waals surface area contributed by atoms with Crippen LogP contribution in [0.25, 0.3) is 0 Å². The van der Waals surface area contributed by atoms with E-state index >= 15 is 0 Å². The molecule has 160 valence electrons. The van der Waals surface area contributed by atoms with E-state index in [4.69, 9.17) is 0 Å². The van der Waals surface area contributed by atoms with E-state index in [0.29, 0.717) is 6.54 Å². The van der Waals surface area contributed by atoms with Crippen LogP contribution in [0.1, 0.15) is 18.1 Å². The average molecular weight is 409 g/mol. The zero-order valence-electron chi connectivity index (χ0n) is 18.0. The summed E-state index contributed by atoms with van der Waals surface area (Å²) in [5.41, 5.74) is 3.23. The Hall–Kier alpha value is -2.70. The summed E-state index contributed by atoms with van der Waals surface area (Å²) >= 11 is 0. The molecule has 1 saturated heterocycles. The number of nitrogens with zero attached hydrogens (tertiary/aromatic N) is 3. The maximum Gasteiger partial charge on any atom is 0.243 e. The predicted molar refractivity (Wildman–Crippen MR) is 120 cm³/mol. The molecule has 6 nitrogen and oxygen atoms in total. The number of para-hydroxylation sites is 1. The van der Waals surface area contributed by atoms with Gasteiger partial charge < -0.3 is 10.2 Å². The normalized spacial score (nSPS) is 15.0. The first-order chi connectivity index (χ1) is 14.5. The Morgan fingerprint density at radius 1 is 0.933 bits per heavy atom. The number of rotatable bonds is 8. The van der Waals surface area contributed by atoms with Crippen molar-refractivity contribution in [2.24, 2.45) is 0 Å². The minimum Gasteiger partial charge on any atom is -0.335 e. The van der Waals surface area contributed by atoms with Gasteiger partial charge in [-0.05, 0) is 23.6 Å². The maximum atomic E-state index is 12.6. The van der Waals surface area contributed by atoms with Crippen molar-refractivity contribution in [3.05, 3.63) is 65.7 Å². The molecule has 0 aromatic heterocycles. The second-order valence-corrected chi connectivity index (χ2v) is 7.85. The van der Waals surface area contributed by atoms with Gasteiger partial charge in [-0.1, -0.05) is 55.5 Å². The van der Waals surface area contributed by atoms with Crippen LogP contribution in [-0.2, 0) is 22.6 Å². The van der Waals surface area contributed by atoms with Crippen LogP contribution in [0.15, 0.2) is 54.6 Å². The molecule has 3 rings (SSSR count). The van der Waals surface area contributed by atoms with E-state index < -0.39 is 0 Å². The minimum atomic E-state index is -0.167. The molecule has 2 amide bonds. The summed E-state index contributed by atoms with van der Waals surface area (Å²) in [4.78, 5) is 31.1. The largest absolute Gasteiger partial charge is 0.335 e. The second-order valence-electron chi connectivity index (χ2n) is 7.85. The molecule has 1 heterocycles. The first-order valence-corrected chi connectivity index (χ1v) is 10.7. The number of anilines is 1. The SMILES string of the molecule is CCc1ccccc1NC(=O)CN(C)C(=O)CN1CCN(Cc2ccccc2)CC1. The van der Waals surface area contributed by atoms with Crippen molar-refractivity contribution in [2.75, 3.05) is 51.6 Å². The maximum absolute atomic E-state index is 12.6. The lowest BCUT2D eigenvalue weighted by atomic mass is 10.1. The van der Waals surface area contributed by atoms with Gasteiger partial charge in [0.05, 0.1) is 13.1 Å². The number of piperazine rings is 1. The lowest BCUT2D eigenvalue weighted by molar-refractivity contribution is -0.134. The predicted octanol–water partition coefficient (Wildman–Crippen LogP) is 2.46. The van der Waals surface area contributed by atoms with Crippen LogP contribution in [0.2, 0.25) is 0 Å². The van der Waals surface area contributed by atoms with E-state index in [9.17, 15) is 9.59 Å². The quantitative estimate of drug-likeness (QED) is 0.729. The third-order valence-electron chi connectivity index (χ3n) is 5.55. The van der Waals surface area contributed by atoms with E-state index in [2.05, 4.69) is 46.3 Å². The Balaban J connectivity index is 1.40. The molecule has 0 atom stereocenters. The van der Waals surface area contributed by atoms with Crippen LogP contribution in [0, 0.1) is 0 Å². The third kappa shape index (κ3) is 6.40. The number of nitrogens with one attached hydrogen (secondary N) is 1. The monoisotopic (exact) mass is 408 g/mol. The van der Waals surface area contributed by atoms with Crippen LogP contribution >= 0.6 is 0 Å². The number of amides is 2. The van der Waals surface area contributed by atoms with Gasteiger partial charge in [0.1, 0.15) is 0 Å². The van der Waals surface area contributed by atoms with Crippen LogP contribution in [0.3, 0.4) is 0 Å². The molecule has 0 radical (unpaired) electrons. The van der Waals surface area contributed by atoms with Gasteiger partial charge in [-0.3, -0.25) is 19.4 Å². The summed E-state index contributed by atoms with van der Waals surface area (Å²) in [5, 5.41) is 2.93. The van der Waals surface area contributed by atoms with Crippen LogP contribution < -0.4 is 5.32 Å². The standard InChI is InChI=1S/C24H32N4O2/c1-3-21-11-7-8-12-22(21)25-23(29)18-26(2)24(30)19-28-15-13-27(14-16-28)17-20-9-5-4-6-10-20/h4-12H,3,13-19H2,1-2H3,(H,25,29). The molecular formula is C24H32N4O2. The summed E-state index contributed by atoms with van der Waals surface area (Å²) < 4.78 is 0. The van der Waals surface area contributed by atoms with E-state index in [-0.39, 0.29) is 18.4 Å². The fraction of sp³-hybridized carbons (Fsp3) is 0.417. The molecule has 1 fully saturated rings. The third-order valence-corrected chi connectivity index (χ3v) is 5.55. The highest BCUT2D eigenvalue weighted by Crippen LogP contribution is 2.15. The number of aryl methyl sites for hydroxylation is 1. The molecule has 1 aliphatic heterocycles. The van der Waals surface area contributed by atoms with Crippen molar-refractivity contribution in [1.29, 1.82) is 0 Å². The highest BCUT2D eigenvalue weighted by Gasteiger charge is 2.21. The van der Waals surface area contributed by atoms with E-state index in [0.717, 1.165) is 50.4 Å². The minimum absolute atomic E-state index is 0.0227. The molecule has 0 aliphatic carbocycles. The second kappa shape index (κ2) is 10.9. The van der Waals surface area contributed by atoms with Gasteiger partial charge in [0, 0.05) is 45.5 Å². The van der Waals surface area contributed by atoms with Crippen LogP contribution in [0.4, 0.5) is 5.69 Å². The number of hydrogen-bond acceptors (Lipinski definition) is 4. The van der Waals surface area contributed by atoms with Gasteiger partial charge in [-0.25, -0.2) is 0 Å². The molecule has 30 heavy (non-hydrogen) atoms. The topological polar surface area (TPSA) is 55.9 Å². The summed E-state index contributed by atoms with van der Waals surface area (Å²) in [5.74, 6) is -0.190. The molecule has 0 saturated carbocycles. The summed E-state index contributed by atoms with van der Waals surface area (Å²) in [7, 11) is 1.69. The number of carbonyl (C=O) groups excluding carboxylic acids is 2. The van der Waals surface area contributed by atoms with Gasteiger partial charge in [0.2, 0.25) is 11.8 Å². The van der Waals surface area contributed by atoms with Crippen molar-refractivity contribution >= 4 is 17.5 Å². The van der Waals surface area contributed by atoms with Gasteiger partial charge >= 0.3 is 0 Å². The number of likely N-dealkylation sites (N-methyl/N-ethyl adjacent to an activating group) is 1. The van der Waals surface area contributed by atoms with Crippen molar-refractivity contribution in [1.82, 2.24) is 14.7 Å². The molecule has 2 aromatic rings. The smallest absolute Gasteiger partial charge is 0.243 e. The molecule has 6 heteroatoms. The van der Waals surface area contributed by atoms with Crippen LogP contribution in [0.5, 0.6) is 0 Å². The Morgan fingerprint density at radius 2 is 1.57 bits per heavy atom. The van der Waals surface area contributed by atoms with Crippen molar-refractivity contribution in [3.8, 4) is 0 Å². The van der Waals surface area contributed by atoms with E-state index in [1.165, 1.54) is 10.5 Å². The summed E-state index contributed by atoms with van der Waals surface area (Å²) in [6.45, 7) is 7.03. The van der Waals surface area contributed by atoms with Gasteiger partial charge in [0.25, 0.3) is 0 Å². The molecule has 1 aliphatic rings. The molecular weight excluding hydrogens is 376 g/mol. The number of hydrogen-bond donors (Lipinski definition) is 1. The average Bonchev–Trinajstić information content (AvgIpc) is 2.76. The van der Waals surface area contributed by atoms with Gasteiger partial charge in [-0.15, -0.1) is 0 Å². The molecule has 2 aromatic carbocycles. The fourth-order valence-corrected chi connectivity index (χ4v) is 3.70. The van der Waals surface area contributed by atoms with Crippen molar-refractivity contribution in [2.45, 2.75) is 19.9 Å². The molecule has 0 unspecified atom stereocenters. The summed E-state index contributed by atoms with van der Waals surface area (Å²) in [6, 6.07) is 18.2. The zero-order valence-corrected chi connectivity index (χ0v) is 18.0. The molecule has 1 N–H and O–H groups in total. The Kier molecular flexibility index (Phi) is 7.99. The van der Waals surface area contributed by atoms with Gasteiger partial charge in [0.15, 0.2) is 0 Å². The van der Waals surface area contributed by atoms with Crippen molar-refractivity contribution in [3.63, 3.8) is 0 Å². The van der Waals surface area contributed by atoms with E-state index in [1.54, 1.807) is 7.05 Å². The Morgan fingerprint density at radius 3 is 2.27 bits per heavy atom. The van der Waals surface area contributed by atoms with Crippen molar-refractivity contribution < 1.29 is 9.59 Å². The first kappa shape index (κ1) is 22.0. The number of benzene rings is 2. The highest BCUT2D eigenvalue weighted by atomic mass is 16.2. The molecule has 0 bridgehead atoms. The summed E-state index contributed by atoms with van der Waals surface area (Å²) in [6.07, 6.45) is 0.849. The number of carbonyl (C=O) groups is 2. The molecule has 0 spiro atoms.